The fourth-order valence-electron chi connectivity index (χ4n) is 1.48. The Morgan fingerprint density at radius 1 is 1.13 bits per heavy atom. The van der Waals surface area contributed by atoms with Gasteiger partial charge >= 0.3 is 0 Å². The maximum absolute atomic E-state index is 11.4. The summed E-state index contributed by atoms with van der Waals surface area (Å²) in [7, 11) is 0. The molecule has 90 valence electrons. The Morgan fingerprint density at radius 2 is 1.60 bits per heavy atom. The van der Waals surface area contributed by atoms with Gasteiger partial charge < -0.3 is 5.32 Å². The van der Waals surface area contributed by atoms with Gasteiger partial charge in [0.05, 0.1) is 0 Å². The molecule has 0 saturated heterocycles. The largest absolute Gasteiger partial charge is 0.353 e. The van der Waals surface area contributed by atoms with Crippen LogP contribution in [0.25, 0.3) is 0 Å². The number of rotatable bonds is 3. The van der Waals surface area contributed by atoms with Gasteiger partial charge in [-0.25, -0.2) is 0 Å². The van der Waals surface area contributed by atoms with Gasteiger partial charge in [-0.3, -0.25) is 4.79 Å². The molecule has 0 fully saturated rings. The third kappa shape index (κ3) is 6.53. The van der Waals surface area contributed by atoms with Crippen LogP contribution >= 0.6 is 0 Å². The number of hydrogen-bond acceptors (Lipinski definition) is 1. The van der Waals surface area contributed by atoms with Crippen molar-refractivity contribution < 1.29 is 4.79 Å². The first-order chi connectivity index (χ1) is 6.56. The Bertz CT molecular complexity index is 208. The molecule has 1 unspecified atom stereocenters. The number of hydrogen-bond donors (Lipinski definition) is 1. The van der Waals surface area contributed by atoms with Crippen LogP contribution in [0.1, 0.15) is 61.3 Å². The van der Waals surface area contributed by atoms with Crippen LogP contribution in [0.2, 0.25) is 0 Å². The van der Waals surface area contributed by atoms with E-state index in [1.165, 1.54) is 0 Å². The summed E-state index contributed by atoms with van der Waals surface area (Å²) in [4.78, 5) is 11.4. The highest BCUT2D eigenvalue weighted by atomic mass is 16.1. The van der Waals surface area contributed by atoms with Gasteiger partial charge in [0.25, 0.3) is 0 Å². The Hall–Kier alpha value is -0.530. The van der Waals surface area contributed by atoms with Gasteiger partial charge in [0.2, 0.25) is 5.91 Å². The molecule has 15 heavy (non-hydrogen) atoms. The maximum atomic E-state index is 11.4. The van der Waals surface area contributed by atoms with E-state index in [0.29, 0.717) is 6.42 Å². The summed E-state index contributed by atoms with van der Waals surface area (Å²) in [5.41, 5.74) is 0.372. The SMILES string of the molecule is CCC(=O)NC(CC(C)(C)C)C(C)(C)C. The van der Waals surface area contributed by atoms with Gasteiger partial charge in [0, 0.05) is 12.5 Å². The Labute approximate surface area is 94.8 Å². The topological polar surface area (TPSA) is 29.1 Å². The molecule has 0 aromatic rings. The third-order valence-corrected chi connectivity index (χ3v) is 2.52. The minimum absolute atomic E-state index is 0.123. The Morgan fingerprint density at radius 3 is 1.87 bits per heavy atom. The van der Waals surface area contributed by atoms with Crippen LogP contribution in [0, 0.1) is 10.8 Å². The predicted octanol–water partition coefficient (Wildman–Crippen LogP) is 3.36. The number of amides is 1. The summed E-state index contributed by atoms with van der Waals surface area (Å²) in [6, 6.07) is 0.255. The molecule has 0 bridgehead atoms. The van der Waals surface area contributed by atoms with Crippen LogP contribution in [0.4, 0.5) is 0 Å². The van der Waals surface area contributed by atoms with Gasteiger partial charge in [-0.1, -0.05) is 48.5 Å². The number of carbonyl (C=O) groups excluding carboxylic acids is 1. The standard InChI is InChI=1S/C13H27NO/c1-8-11(15)14-10(13(5,6)7)9-12(2,3)4/h10H,8-9H2,1-7H3,(H,14,15). The van der Waals surface area contributed by atoms with Crippen LogP contribution in [0.5, 0.6) is 0 Å². The number of carbonyl (C=O) groups is 1. The van der Waals surface area contributed by atoms with E-state index in [1.54, 1.807) is 0 Å². The summed E-state index contributed by atoms with van der Waals surface area (Å²) in [5.74, 6) is 0.152. The van der Waals surface area contributed by atoms with Gasteiger partial charge in [-0.2, -0.15) is 0 Å². The van der Waals surface area contributed by atoms with E-state index in [9.17, 15) is 4.79 Å². The van der Waals surface area contributed by atoms with Crippen LogP contribution in [0.3, 0.4) is 0 Å². The molecule has 2 nitrogen and oxygen atoms in total. The summed E-state index contributed by atoms with van der Waals surface area (Å²) >= 11 is 0. The highest BCUT2D eigenvalue weighted by Crippen LogP contribution is 2.30. The van der Waals surface area contributed by atoms with Crippen LogP contribution in [0.15, 0.2) is 0 Å². The van der Waals surface area contributed by atoms with Crippen LogP contribution < -0.4 is 5.32 Å². The van der Waals surface area contributed by atoms with Crippen molar-refractivity contribution >= 4 is 5.91 Å². The summed E-state index contributed by atoms with van der Waals surface area (Å²) < 4.78 is 0. The molecule has 0 aromatic carbocycles. The molecular formula is C13H27NO. The fourth-order valence-corrected chi connectivity index (χ4v) is 1.48. The molecule has 0 heterocycles. The zero-order valence-electron chi connectivity index (χ0n) is 11.4. The van der Waals surface area contributed by atoms with Crippen molar-refractivity contribution in [3.8, 4) is 0 Å². The molecule has 0 rings (SSSR count). The smallest absolute Gasteiger partial charge is 0.219 e. The van der Waals surface area contributed by atoms with E-state index < -0.39 is 0 Å². The first-order valence-electron chi connectivity index (χ1n) is 5.85. The summed E-state index contributed by atoms with van der Waals surface area (Å²) in [5, 5.41) is 3.12. The second kappa shape index (κ2) is 5.00. The minimum Gasteiger partial charge on any atom is -0.353 e. The third-order valence-electron chi connectivity index (χ3n) is 2.52. The van der Waals surface area contributed by atoms with Crippen molar-refractivity contribution in [1.29, 1.82) is 0 Å². The number of nitrogens with one attached hydrogen (secondary N) is 1. The fraction of sp³-hybridized carbons (Fsp3) is 0.923. The zero-order valence-corrected chi connectivity index (χ0v) is 11.4. The van der Waals surface area contributed by atoms with Crippen LogP contribution in [-0.2, 0) is 4.79 Å². The van der Waals surface area contributed by atoms with Crippen molar-refractivity contribution in [3.05, 3.63) is 0 Å². The quantitative estimate of drug-likeness (QED) is 0.765. The van der Waals surface area contributed by atoms with E-state index in [1.807, 2.05) is 6.92 Å². The lowest BCUT2D eigenvalue weighted by molar-refractivity contribution is -0.122. The first-order valence-corrected chi connectivity index (χ1v) is 5.85. The molecule has 2 heteroatoms. The predicted molar refractivity (Wildman–Crippen MR) is 65.7 cm³/mol. The molecule has 0 aliphatic carbocycles. The van der Waals surface area contributed by atoms with Crippen molar-refractivity contribution in [3.63, 3.8) is 0 Å². The monoisotopic (exact) mass is 213 g/mol. The van der Waals surface area contributed by atoms with E-state index in [4.69, 9.17) is 0 Å². The second-order valence-electron chi connectivity index (χ2n) is 6.60. The molecule has 0 aliphatic rings. The molecule has 0 spiro atoms. The average Bonchev–Trinajstić information content (AvgIpc) is 1.98. The zero-order chi connectivity index (χ0) is 12.3. The molecule has 1 amide bonds. The Balaban J connectivity index is 4.54. The molecule has 1 N–H and O–H groups in total. The Kier molecular flexibility index (Phi) is 4.82. The minimum atomic E-state index is 0.123. The van der Waals surface area contributed by atoms with Crippen molar-refractivity contribution in [2.24, 2.45) is 10.8 Å². The van der Waals surface area contributed by atoms with Crippen molar-refractivity contribution in [2.75, 3.05) is 0 Å². The van der Waals surface area contributed by atoms with Crippen molar-refractivity contribution in [1.82, 2.24) is 5.32 Å². The first kappa shape index (κ1) is 14.5. The summed E-state index contributed by atoms with van der Waals surface area (Å²) in [6.07, 6.45) is 1.58. The lowest BCUT2D eigenvalue weighted by Crippen LogP contribution is -2.45. The molecule has 0 aromatic heterocycles. The molecule has 1 atom stereocenters. The normalized spacial score (nSPS) is 14.9. The lowest BCUT2D eigenvalue weighted by atomic mass is 9.77. The lowest BCUT2D eigenvalue weighted by Gasteiger charge is -2.36. The van der Waals surface area contributed by atoms with E-state index in [0.717, 1.165) is 6.42 Å². The summed E-state index contributed by atoms with van der Waals surface area (Å²) in [6.45, 7) is 15.1. The maximum Gasteiger partial charge on any atom is 0.219 e. The molecule has 0 aliphatic heterocycles. The highest BCUT2D eigenvalue weighted by molar-refractivity contribution is 5.75. The van der Waals surface area contributed by atoms with Crippen LogP contribution in [-0.4, -0.2) is 11.9 Å². The van der Waals surface area contributed by atoms with E-state index in [2.05, 4.69) is 46.9 Å². The van der Waals surface area contributed by atoms with E-state index >= 15 is 0 Å². The van der Waals surface area contributed by atoms with Crippen molar-refractivity contribution in [2.45, 2.75) is 67.3 Å². The molecule has 0 radical (unpaired) electrons. The van der Waals surface area contributed by atoms with Gasteiger partial charge in [-0.05, 0) is 17.3 Å². The van der Waals surface area contributed by atoms with Gasteiger partial charge in [0.15, 0.2) is 0 Å². The molecule has 0 saturated carbocycles. The average molecular weight is 213 g/mol. The van der Waals surface area contributed by atoms with E-state index in [-0.39, 0.29) is 22.8 Å². The van der Waals surface area contributed by atoms with Gasteiger partial charge in [-0.15, -0.1) is 0 Å². The second-order valence-corrected chi connectivity index (χ2v) is 6.60. The highest BCUT2D eigenvalue weighted by Gasteiger charge is 2.29. The van der Waals surface area contributed by atoms with Gasteiger partial charge in [0.1, 0.15) is 0 Å². The molecular weight excluding hydrogens is 186 g/mol.